The van der Waals surface area contributed by atoms with Gasteiger partial charge < -0.3 is 19.3 Å². The van der Waals surface area contributed by atoms with Crippen molar-refractivity contribution in [2.45, 2.75) is 69.7 Å². The second-order valence-corrected chi connectivity index (χ2v) is 11.5. The molecule has 2 bridgehead atoms. The van der Waals surface area contributed by atoms with Crippen LogP contribution in [-0.4, -0.2) is 82.3 Å². The number of hydrogen-bond donors (Lipinski definition) is 1. The van der Waals surface area contributed by atoms with Crippen LogP contribution in [0, 0.1) is 6.92 Å². The molecule has 4 fully saturated rings. The first-order chi connectivity index (χ1) is 17.5. The number of amides is 1. The van der Waals surface area contributed by atoms with Crippen molar-refractivity contribution in [1.82, 2.24) is 19.6 Å². The second-order valence-electron chi connectivity index (χ2n) is 10.9. The number of carbonyl (C=O) groups excluding carboxylic acids is 1. The number of ether oxygens (including phenoxy) is 1. The smallest absolute Gasteiger partial charge is 0.344 e. The Bertz CT molecular complexity index is 1090. The number of benzene rings is 1. The largest absolute Gasteiger partial charge is 0.371 e. The molecule has 6 rings (SSSR count). The number of piperidine rings is 1. The van der Waals surface area contributed by atoms with Crippen molar-refractivity contribution < 1.29 is 9.53 Å². The zero-order chi connectivity index (χ0) is 24.7. The Labute approximate surface area is 218 Å². The summed E-state index contributed by atoms with van der Waals surface area (Å²) < 4.78 is 10.6. The fraction of sp³-hybridized carbons (Fsp3) is 0.630. The van der Waals surface area contributed by atoms with Crippen LogP contribution in [0.15, 0.2) is 30.5 Å². The summed E-state index contributed by atoms with van der Waals surface area (Å²) >= 11 is 1.48. The molecular weight excluding hydrogens is 472 g/mol. The Morgan fingerprint density at radius 3 is 2.67 bits per heavy atom. The van der Waals surface area contributed by atoms with E-state index in [4.69, 9.17) is 4.74 Å². The van der Waals surface area contributed by atoms with E-state index in [1.54, 1.807) is 6.20 Å². The minimum Gasteiger partial charge on any atom is -0.371 e. The Kier molecular flexibility index (Phi) is 6.64. The van der Waals surface area contributed by atoms with Gasteiger partial charge in [0, 0.05) is 62.5 Å². The Hall–Kier alpha value is -2.23. The van der Waals surface area contributed by atoms with E-state index in [2.05, 4.69) is 44.7 Å². The maximum absolute atomic E-state index is 13.0. The maximum atomic E-state index is 13.0. The van der Waals surface area contributed by atoms with E-state index in [0.29, 0.717) is 18.0 Å². The highest BCUT2D eigenvalue weighted by molar-refractivity contribution is 7.99. The van der Waals surface area contributed by atoms with Crippen molar-refractivity contribution in [3.05, 3.63) is 41.6 Å². The molecule has 1 spiro atoms. The number of aromatic nitrogens is 2. The molecule has 2 atom stereocenters. The van der Waals surface area contributed by atoms with E-state index in [9.17, 15) is 4.79 Å². The van der Waals surface area contributed by atoms with Crippen LogP contribution in [0.1, 0.15) is 49.7 Å². The third-order valence-electron chi connectivity index (χ3n) is 8.86. The first-order valence-electron chi connectivity index (χ1n) is 13.4. The van der Waals surface area contributed by atoms with Crippen LogP contribution in [0.5, 0.6) is 0 Å². The predicted molar refractivity (Wildman–Crippen MR) is 145 cm³/mol. The first kappa shape index (κ1) is 24.1. The molecule has 8 nitrogen and oxygen atoms in total. The van der Waals surface area contributed by atoms with Crippen LogP contribution in [-0.2, 0) is 11.3 Å². The molecule has 9 heteroatoms. The van der Waals surface area contributed by atoms with Crippen LogP contribution < -0.4 is 9.62 Å². The number of fused-ring (bicyclic) bond motifs is 2. The SMILES string of the molecule is CSNc1ccn(C(=O)N2CCC3(CCCN3Cc3cccc(N4CC5CCC(C4)O5)c3C)CC2)n1. The van der Waals surface area contributed by atoms with Gasteiger partial charge in [0.15, 0.2) is 5.82 Å². The molecule has 0 radical (unpaired) electrons. The minimum atomic E-state index is -0.0217. The van der Waals surface area contributed by atoms with E-state index in [1.807, 2.05) is 17.2 Å². The predicted octanol–water partition coefficient (Wildman–Crippen LogP) is 4.35. The monoisotopic (exact) mass is 510 g/mol. The summed E-state index contributed by atoms with van der Waals surface area (Å²) in [4.78, 5) is 20.3. The van der Waals surface area contributed by atoms with Crippen molar-refractivity contribution in [1.29, 1.82) is 0 Å². The molecule has 2 unspecified atom stereocenters. The van der Waals surface area contributed by atoms with Crippen LogP contribution >= 0.6 is 11.9 Å². The lowest BCUT2D eigenvalue weighted by atomic mass is 9.84. The number of likely N-dealkylation sites (tertiary alicyclic amines) is 2. The number of nitrogens with one attached hydrogen (secondary N) is 1. The van der Waals surface area contributed by atoms with Gasteiger partial charge in [-0.15, -0.1) is 5.10 Å². The molecule has 0 saturated carbocycles. The summed E-state index contributed by atoms with van der Waals surface area (Å²) in [7, 11) is 0. The molecule has 1 aromatic heterocycles. The average molecular weight is 511 g/mol. The summed E-state index contributed by atoms with van der Waals surface area (Å²) in [5.74, 6) is 0.716. The van der Waals surface area contributed by atoms with Gasteiger partial charge in [-0.25, -0.2) is 4.79 Å². The number of anilines is 2. The van der Waals surface area contributed by atoms with Gasteiger partial charge in [-0.2, -0.15) is 4.68 Å². The molecule has 4 aliphatic rings. The van der Waals surface area contributed by atoms with Crippen LogP contribution in [0.3, 0.4) is 0 Å². The van der Waals surface area contributed by atoms with Gasteiger partial charge >= 0.3 is 6.03 Å². The number of rotatable bonds is 5. The van der Waals surface area contributed by atoms with E-state index >= 15 is 0 Å². The van der Waals surface area contributed by atoms with Crippen LogP contribution in [0.2, 0.25) is 0 Å². The molecule has 194 valence electrons. The van der Waals surface area contributed by atoms with Gasteiger partial charge in [-0.05, 0) is 69.2 Å². The molecule has 1 aromatic carbocycles. The van der Waals surface area contributed by atoms with Gasteiger partial charge in [0.1, 0.15) is 0 Å². The molecular formula is C27H38N6O2S. The minimum absolute atomic E-state index is 0.0217. The maximum Gasteiger partial charge on any atom is 0.344 e. The third kappa shape index (κ3) is 4.50. The van der Waals surface area contributed by atoms with Gasteiger partial charge in [0.05, 0.1) is 12.2 Å². The van der Waals surface area contributed by atoms with Crippen molar-refractivity contribution in [2.75, 3.05) is 48.6 Å². The summed E-state index contributed by atoms with van der Waals surface area (Å²) in [6.07, 6.45) is 11.4. The average Bonchev–Trinajstić information content (AvgIpc) is 3.60. The molecule has 4 saturated heterocycles. The standard InChI is InChI=1S/C27H38N6O2S/c1-20-21(5-3-6-24(20)31-18-22-7-8-23(19-31)35-22)17-32-13-4-10-27(32)11-15-30(16-12-27)26(34)33-14-9-25(28-33)29-36-2/h3,5-6,9,14,22-23H,4,7-8,10-13,15-19H2,1-2H3,(H,28,29). The number of carbonyl (C=O) groups is 1. The number of morpholine rings is 1. The van der Waals surface area contributed by atoms with Crippen LogP contribution in [0.4, 0.5) is 16.3 Å². The van der Waals surface area contributed by atoms with Crippen molar-refractivity contribution >= 4 is 29.5 Å². The fourth-order valence-corrected chi connectivity index (χ4v) is 7.17. The molecule has 2 aromatic rings. The van der Waals surface area contributed by atoms with Gasteiger partial charge in [0.2, 0.25) is 0 Å². The quantitative estimate of drug-likeness (QED) is 0.600. The highest BCUT2D eigenvalue weighted by Gasteiger charge is 2.44. The zero-order valence-electron chi connectivity index (χ0n) is 21.5. The summed E-state index contributed by atoms with van der Waals surface area (Å²) in [6.45, 7) is 8.05. The molecule has 1 amide bonds. The molecule has 5 heterocycles. The van der Waals surface area contributed by atoms with E-state index in [1.165, 1.54) is 59.1 Å². The summed E-state index contributed by atoms with van der Waals surface area (Å²) in [6, 6.07) is 8.67. The molecule has 4 aliphatic heterocycles. The Morgan fingerprint density at radius 1 is 1.14 bits per heavy atom. The highest BCUT2D eigenvalue weighted by Crippen LogP contribution is 2.40. The lowest BCUT2D eigenvalue weighted by Gasteiger charge is -2.45. The lowest BCUT2D eigenvalue weighted by Crippen LogP contribution is -2.53. The second kappa shape index (κ2) is 9.91. The highest BCUT2D eigenvalue weighted by atomic mass is 32.2. The fourth-order valence-electron chi connectivity index (χ4n) is 6.86. The number of hydrogen-bond acceptors (Lipinski definition) is 7. The molecule has 36 heavy (non-hydrogen) atoms. The van der Waals surface area contributed by atoms with E-state index < -0.39 is 0 Å². The van der Waals surface area contributed by atoms with Crippen molar-refractivity contribution in [3.63, 3.8) is 0 Å². The van der Waals surface area contributed by atoms with Gasteiger partial charge in [0.25, 0.3) is 0 Å². The van der Waals surface area contributed by atoms with Gasteiger partial charge in [-0.1, -0.05) is 24.1 Å². The van der Waals surface area contributed by atoms with Crippen LogP contribution in [0.25, 0.3) is 0 Å². The topological polar surface area (TPSA) is 65.9 Å². The van der Waals surface area contributed by atoms with E-state index in [0.717, 1.165) is 52.1 Å². The van der Waals surface area contributed by atoms with Crippen molar-refractivity contribution in [2.24, 2.45) is 0 Å². The normalized spacial score (nSPS) is 25.6. The summed E-state index contributed by atoms with van der Waals surface area (Å²) in [5, 5.41) is 4.38. The lowest BCUT2D eigenvalue weighted by molar-refractivity contribution is 0.0304. The van der Waals surface area contributed by atoms with Crippen molar-refractivity contribution in [3.8, 4) is 0 Å². The van der Waals surface area contributed by atoms with Gasteiger partial charge in [-0.3, -0.25) is 4.90 Å². The Morgan fingerprint density at radius 2 is 1.92 bits per heavy atom. The third-order valence-corrected chi connectivity index (χ3v) is 9.27. The van der Waals surface area contributed by atoms with E-state index in [-0.39, 0.29) is 11.6 Å². The summed E-state index contributed by atoms with van der Waals surface area (Å²) in [5.41, 5.74) is 4.45. The molecule has 1 N–H and O–H groups in total. The first-order valence-corrected chi connectivity index (χ1v) is 14.6. The zero-order valence-corrected chi connectivity index (χ0v) is 22.3. The molecule has 0 aliphatic carbocycles. The number of nitrogens with zero attached hydrogens (tertiary/aromatic N) is 5. The Balaban J connectivity index is 1.12.